The minimum Gasteiger partial charge on any atom is -0.373 e. The molecule has 1 fully saturated rings. The van der Waals surface area contributed by atoms with Crippen LogP contribution in [0.25, 0.3) is 0 Å². The number of ether oxygens (including phenoxy) is 1. The number of hydrogen-bond donors (Lipinski definition) is 0. The highest BCUT2D eigenvalue weighted by Crippen LogP contribution is 2.18. The largest absolute Gasteiger partial charge is 0.373 e. The lowest BCUT2D eigenvalue weighted by Crippen LogP contribution is -1.83. The minimum atomic E-state index is 0.438. The van der Waals surface area contributed by atoms with Crippen LogP contribution in [-0.2, 0) is 4.74 Å². The van der Waals surface area contributed by atoms with E-state index in [4.69, 9.17) is 10.00 Å². The van der Waals surface area contributed by atoms with Gasteiger partial charge in [-0.1, -0.05) is 0 Å². The Kier molecular flexibility index (Phi) is 1.62. The molecular weight excluding hydrogens is 109 g/mol. The van der Waals surface area contributed by atoms with E-state index in [0.29, 0.717) is 14.7 Å². The van der Waals surface area contributed by atoms with Crippen molar-refractivity contribution in [3.63, 3.8) is 0 Å². The fraction of sp³-hybridized carbons (Fsp3) is 0.750. The fourth-order valence-electron chi connectivity index (χ4n) is 0.345. The summed E-state index contributed by atoms with van der Waals surface area (Å²) in [4.78, 5) is 0. The summed E-state index contributed by atoms with van der Waals surface area (Å²) >= 11 is 0. The van der Waals surface area contributed by atoms with Crippen molar-refractivity contribution in [2.75, 3.05) is 12.8 Å². The van der Waals surface area contributed by atoms with Gasteiger partial charge in [-0.25, -0.2) is 0 Å². The predicted octanol–water partition coefficient (Wildman–Crippen LogP) is 0.545. The van der Waals surface area contributed by atoms with Gasteiger partial charge in [0.05, 0.1) is 18.5 Å². The van der Waals surface area contributed by atoms with Crippen LogP contribution in [0, 0.1) is 11.1 Å². The lowest BCUT2D eigenvalue weighted by atomic mass is 10.6. The first-order chi connectivity index (χ1) is 3.43. The molecule has 38 valence electrons. The first kappa shape index (κ1) is 5.03. The van der Waals surface area contributed by atoms with Gasteiger partial charge in [0.25, 0.3) is 0 Å². The third-order valence-electron chi connectivity index (χ3n) is 0.811. The quantitative estimate of drug-likeness (QED) is 0.389. The highest BCUT2D eigenvalue weighted by Gasteiger charge is 2.20. The van der Waals surface area contributed by atoms with E-state index < -0.39 is 0 Å². The monoisotopic (exact) mass is 115 g/mol. The third kappa shape index (κ3) is 1.87. The predicted molar refractivity (Wildman–Crippen MR) is 28.5 cm³/mol. The third-order valence-corrected chi connectivity index (χ3v) is 1.63. The zero-order valence-corrected chi connectivity index (χ0v) is 4.85. The molecule has 1 rings (SSSR count). The van der Waals surface area contributed by atoms with Crippen LogP contribution in [0.4, 0.5) is 0 Å². The second-order valence-electron chi connectivity index (χ2n) is 1.45. The minimum absolute atomic E-state index is 0.438. The maximum Gasteiger partial charge on any atom is 0.0856 e. The zero-order valence-electron chi connectivity index (χ0n) is 3.85. The second kappa shape index (κ2) is 2.26. The highest BCUT2D eigenvalue weighted by molar-refractivity contribution is 7.43. The molecule has 2 nitrogen and oxygen atoms in total. The summed E-state index contributed by atoms with van der Waals surface area (Å²) in [6.45, 7) is 0.884. The molecule has 7 heavy (non-hydrogen) atoms. The first-order valence-corrected chi connectivity index (χ1v) is 3.38. The van der Waals surface area contributed by atoms with Crippen molar-refractivity contribution in [2.24, 2.45) is 0 Å². The smallest absolute Gasteiger partial charge is 0.0856 e. The molecule has 0 aromatic carbocycles. The van der Waals surface area contributed by atoms with Crippen LogP contribution < -0.4 is 0 Å². The van der Waals surface area contributed by atoms with E-state index in [1.165, 1.54) is 0 Å². The standard InChI is InChI=1S/C4H6NOP/c5-3-7-2-4-1-6-4/h4,7H,1-2H2. The van der Waals surface area contributed by atoms with Crippen molar-refractivity contribution < 1.29 is 4.74 Å². The molecule has 0 N–H and O–H groups in total. The van der Waals surface area contributed by atoms with Crippen molar-refractivity contribution >= 4 is 8.58 Å². The fourth-order valence-corrected chi connectivity index (χ4v) is 0.900. The van der Waals surface area contributed by atoms with Gasteiger partial charge >= 0.3 is 0 Å². The van der Waals surface area contributed by atoms with Gasteiger partial charge in [-0.15, -0.1) is 0 Å². The summed E-state index contributed by atoms with van der Waals surface area (Å²) in [6.07, 6.45) is 1.40. The number of epoxide rings is 1. The van der Waals surface area contributed by atoms with Crippen LogP contribution in [0.2, 0.25) is 0 Å². The molecule has 3 heteroatoms. The van der Waals surface area contributed by atoms with Crippen LogP contribution in [0.1, 0.15) is 0 Å². The molecule has 2 atom stereocenters. The molecule has 0 saturated carbocycles. The molecule has 0 aliphatic carbocycles. The average molecular weight is 115 g/mol. The Bertz CT molecular complexity index is 94.4. The second-order valence-corrected chi connectivity index (χ2v) is 2.43. The summed E-state index contributed by atoms with van der Waals surface area (Å²) < 4.78 is 4.87. The van der Waals surface area contributed by atoms with E-state index in [1.54, 1.807) is 0 Å². The summed E-state index contributed by atoms with van der Waals surface area (Å²) in [5.41, 5.74) is 0. The molecule has 1 heterocycles. The SMILES string of the molecule is N#CPCC1CO1. The summed E-state index contributed by atoms with van der Waals surface area (Å²) in [5, 5.41) is 8.05. The van der Waals surface area contributed by atoms with Gasteiger partial charge < -0.3 is 4.74 Å². The van der Waals surface area contributed by atoms with Gasteiger partial charge in [-0.3, -0.25) is 0 Å². The average Bonchev–Trinajstić information content (AvgIpc) is 2.42. The maximum atomic E-state index is 8.05. The summed E-state index contributed by atoms with van der Waals surface area (Å²) in [7, 11) is 0.438. The highest BCUT2D eigenvalue weighted by atomic mass is 31.1. The van der Waals surface area contributed by atoms with Crippen molar-refractivity contribution in [3.8, 4) is 5.81 Å². The Morgan fingerprint density at radius 1 is 2.00 bits per heavy atom. The van der Waals surface area contributed by atoms with Crippen molar-refractivity contribution in [3.05, 3.63) is 0 Å². The summed E-state index contributed by atoms with van der Waals surface area (Å²) in [6, 6.07) is 0. The molecule has 1 aliphatic rings. The Labute approximate surface area is 44.2 Å². The topological polar surface area (TPSA) is 36.3 Å². The molecule has 0 radical (unpaired) electrons. The molecule has 0 aromatic rings. The number of rotatable bonds is 2. The first-order valence-electron chi connectivity index (χ1n) is 2.17. The van der Waals surface area contributed by atoms with Gasteiger partial charge in [0, 0.05) is 6.16 Å². The number of hydrogen-bond acceptors (Lipinski definition) is 2. The van der Waals surface area contributed by atoms with Crippen molar-refractivity contribution in [1.29, 1.82) is 5.26 Å². The zero-order chi connectivity index (χ0) is 5.11. The van der Waals surface area contributed by atoms with E-state index in [-0.39, 0.29) is 0 Å². The molecule has 2 unspecified atom stereocenters. The maximum absolute atomic E-state index is 8.05. The molecule has 1 saturated heterocycles. The van der Waals surface area contributed by atoms with Gasteiger partial charge in [0.15, 0.2) is 0 Å². The van der Waals surface area contributed by atoms with E-state index in [9.17, 15) is 0 Å². The van der Waals surface area contributed by atoms with Gasteiger partial charge in [0.1, 0.15) is 0 Å². The van der Waals surface area contributed by atoms with Crippen LogP contribution in [-0.4, -0.2) is 18.9 Å². The van der Waals surface area contributed by atoms with Gasteiger partial charge in [-0.05, 0) is 8.58 Å². The summed E-state index contributed by atoms with van der Waals surface area (Å²) in [5.74, 6) is 2.09. The molecule has 0 aromatic heterocycles. The molecule has 1 aliphatic heterocycles. The molecular formula is C4H6NOP. The van der Waals surface area contributed by atoms with Crippen molar-refractivity contribution in [1.82, 2.24) is 0 Å². The van der Waals surface area contributed by atoms with Crippen LogP contribution in [0.15, 0.2) is 0 Å². The number of nitriles is 1. The lowest BCUT2D eigenvalue weighted by molar-refractivity contribution is 0.426. The Morgan fingerprint density at radius 3 is 3.14 bits per heavy atom. The molecule has 0 spiro atoms. The van der Waals surface area contributed by atoms with E-state index in [2.05, 4.69) is 5.81 Å². The molecule has 0 amide bonds. The number of nitrogens with zero attached hydrogens (tertiary/aromatic N) is 1. The Balaban J connectivity index is 1.91. The Morgan fingerprint density at radius 2 is 2.71 bits per heavy atom. The Hall–Kier alpha value is -0.120. The van der Waals surface area contributed by atoms with Crippen LogP contribution in [0.5, 0.6) is 0 Å². The van der Waals surface area contributed by atoms with E-state index in [1.807, 2.05) is 0 Å². The molecule has 0 bridgehead atoms. The normalized spacial score (nSPS) is 28.1. The van der Waals surface area contributed by atoms with Gasteiger partial charge in [-0.2, -0.15) is 5.26 Å². The van der Waals surface area contributed by atoms with Crippen LogP contribution >= 0.6 is 8.58 Å². The van der Waals surface area contributed by atoms with Crippen LogP contribution in [0.3, 0.4) is 0 Å². The van der Waals surface area contributed by atoms with E-state index in [0.717, 1.165) is 12.8 Å². The van der Waals surface area contributed by atoms with Crippen molar-refractivity contribution in [2.45, 2.75) is 6.10 Å². The lowest BCUT2D eigenvalue weighted by Gasteiger charge is -1.78. The van der Waals surface area contributed by atoms with Gasteiger partial charge in [0.2, 0.25) is 0 Å². The van der Waals surface area contributed by atoms with E-state index >= 15 is 0 Å².